The Kier molecular flexibility index (Phi) is 8.05. The summed E-state index contributed by atoms with van der Waals surface area (Å²) in [6.45, 7) is 0. The molecule has 8 aromatic carbocycles. The van der Waals surface area contributed by atoms with Gasteiger partial charge >= 0.3 is 0 Å². The van der Waals surface area contributed by atoms with E-state index in [1.54, 1.807) is 0 Å². The Morgan fingerprint density at radius 1 is 0.364 bits per heavy atom. The van der Waals surface area contributed by atoms with E-state index in [1.807, 2.05) is 60.7 Å². The van der Waals surface area contributed by atoms with Crippen LogP contribution in [0, 0.1) is 0 Å². The van der Waals surface area contributed by atoms with Gasteiger partial charge in [0.15, 0.2) is 7.14 Å². The Morgan fingerprint density at radius 2 is 0.800 bits per heavy atom. The van der Waals surface area contributed by atoms with Gasteiger partial charge in [0.25, 0.3) is 0 Å². The third-order valence-electron chi connectivity index (χ3n) is 10.6. The molecule has 0 aliphatic heterocycles. The summed E-state index contributed by atoms with van der Waals surface area (Å²) >= 11 is 0. The molecule has 0 unspecified atom stereocenters. The highest BCUT2D eigenvalue weighted by Gasteiger charge is 2.30. The number of hydrogen-bond donors (Lipinski definition) is 0. The molecule has 0 amide bonds. The molecule has 2 heterocycles. The summed E-state index contributed by atoms with van der Waals surface area (Å²) < 4.78 is 20.0. The number of anilines is 3. The van der Waals surface area contributed by atoms with E-state index in [4.69, 9.17) is 0 Å². The molecule has 0 bridgehead atoms. The van der Waals surface area contributed by atoms with Crippen molar-refractivity contribution in [2.24, 2.45) is 0 Å². The van der Waals surface area contributed by atoms with Gasteiger partial charge in [-0.25, -0.2) is 0 Å². The predicted octanol–water partition coefficient (Wildman–Crippen LogP) is 11.8. The van der Waals surface area contributed by atoms with E-state index in [0.717, 1.165) is 61.0 Å². The minimum Gasteiger partial charge on any atom is -0.310 e. The topological polar surface area (TPSA) is 30.2 Å². The van der Waals surface area contributed by atoms with Gasteiger partial charge in [0.2, 0.25) is 0 Å². The molecule has 0 aliphatic rings. The summed E-state index contributed by atoms with van der Waals surface area (Å²) in [6, 6.07) is 75.3. The van der Waals surface area contributed by atoms with E-state index in [1.165, 1.54) is 16.2 Å². The second kappa shape index (κ2) is 13.5. The number of hydrogen-bond acceptors (Lipinski definition) is 2. The molecule has 0 spiro atoms. The lowest BCUT2D eigenvalue weighted by Gasteiger charge is -2.25. The van der Waals surface area contributed by atoms with E-state index in [0.29, 0.717) is 0 Å². The van der Waals surface area contributed by atoms with Crippen LogP contribution in [0.25, 0.3) is 44.2 Å². The second-order valence-corrected chi connectivity index (χ2v) is 16.5. The number of benzene rings is 8. The summed E-state index contributed by atoms with van der Waals surface area (Å²) in [5.41, 5.74) is 8.62. The number of nitrogens with zero attached hydrogens (tertiary/aromatic N) is 3. The molecule has 10 aromatic rings. The van der Waals surface area contributed by atoms with Crippen LogP contribution in [-0.4, -0.2) is 9.13 Å². The quantitative estimate of drug-likeness (QED) is 0.146. The van der Waals surface area contributed by atoms with Crippen LogP contribution in [0.5, 0.6) is 0 Å². The summed E-state index contributed by atoms with van der Waals surface area (Å²) in [5, 5.41) is 5.99. The van der Waals surface area contributed by atoms with E-state index in [-0.39, 0.29) is 0 Å². The smallest absolute Gasteiger partial charge is 0.171 e. The van der Waals surface area contributed by atoms with Crippen molar-refractivity contribution < 1.29 is 4.57 Å². The van der Waals surface area contributed by atoms with Crippen LogP contribution < -0.4 is 20.8 Å². The minimum atomic E-state index is -3.14. The van der Waals surface area contributed by atoms with Crippen LogP contribution in [-0.2, 0) is 4.57 Å². The van der Waals surface area contributed by atoms with Gasteiger partial charge in [-0.15, -0.1) is 0 Å². The summed E-state index contributed by atoms with van der Waals surface area (Å²) in [6.07, 6.45) is 0. The molecule has 55 heavy (non-hydrogen) atoms. The second-order valence-electron chi connectivity index (χ2n) is 13.7. The molecule has 10 rings (SSSR count). The highest BCUT2D eigenvalue weighted by atomic mass is 31.2. The fourth-order valence-corrected chi connectivity index (χ4v) is 10.8. The van der Waals surface area contributed by atoms with Crippen molar-refractivity contribution in [3.8, 4) is 11.4 Å². The van der Waals surface area contributed by atoms with Crippen molar-refractivity contribution in [1.82, 2.24) is 9.13 Å². The Labute approximate surface area is 320 Å². The zero-order chi connectivity index (χ0) is 36.8. The molecular weight excluding hydrogens is 690 g/mol. The maximum absolute atomic E-state index is 15.3. The molecule has 0 N–H and O–H groups in total. The monoisotopic (exact) mass is 725 g/mol. The van der Waals surface area contributed by atoms with Crippen molar-refractivity contribution in [2.45, 2.75) is 0 Å². The van der Waals surface area contributed by atoms with Gasteiger partial charge in [0, 0.05) is 60.5 Å². The fourth-order valence-electron chi connectivity index (χ4n) is 8.11. The van der Waals surface area contributed by atoms with Crippen molar-refractivity contribution >= 4 is 73.0 Å². The molecule has 0 radical (unpaired) electrons. The van der Waals surface area contributed by atoms with E-state index >= 15 is 4.57 Å². The highest BCUT2D eigenvalue weighted by Crippen LogP contribution is 2.45. The zero-order valence-corrected chi connectivity index (χ0v) is 30.9. The molecule has 0 aliphatic carbocycles. The first-order valence-electron chi connectivity index (χ1n) is 18.6. The van der Waals surface area contributed by atoms with Gasteiger partial charge < -0.3 is 9.46 Å². The van der Waals surface area contributed by atoms with Gasteiger partial charge in [-0.1, -0.05) is 140 Å². The number of para-hydroxylation sites is 4. The Bertz CT molecular complexity index is 2890. The summed E-state index contributed by atoms with van der Waals surface area (Å²) in [7, 11) is -3.14. The lowest BCUT2D eigenvalue weighted by molar-refractivity contribution is 0.592. The van der Waals surface area contributed by atoms with Crippen LogP contribution in [0.15, 0.2) is 218 Å². The number of fused-ring (bicyclic) bond motifs is 5. The maximum atomic E-state index is 15.3. The van der Waals surface area contributed by atoms with Crippen molar-refractivity contribution in [3.05, 3.63) is 218 Å². The summed E-state index contributed by atoms with van der Waals surface area (Å²) in [4.78, 5) is 2.31. The summed E-state index contributed by atoms with van der Waals surface area (Å²) in [5.74, 6) is 0. The van der Waals surface area contributed by atoms with Crippen molar-refractivity contribution in [3.63, 3.8) is 0 Å². The molecule has 2 aromatic heterocycles. The molecule has 4 nitrogen and oxygen atoms in total. The standard InChI is InChI=1S/C50H36N3OP/c54-55(42-24-12-4-13-25-42,43-26-14-5-15-27-43)44-33-30-40(31-34-44)52-47-29-17-16-28-45(47)49-46-35-32-41(36-48(46)53(50(49)52)39-22-10-3-11-23-39)51(37-18-6-1-7-19-37)38-20-8-2-9-21-38/h1-36H. The SMILES string of the molecule is O=P(c1ccccc1)(c1ccccc1)c1ccc(-n2c3ccccc3c3c4ccc(N(c5ccccc5)c5ccccc5)cc4n(-c4ccccc4)c32)cc1. The molecule has 0 atom stereocenters. The largest absolute Gasteiger partial charge is 0.310 e. The number of rotatable bonds is 8. The molecule has 5 heteroatoms. The molecule has 0 fully saturated rings. The molecule has 0 saturated carbocycles. The Hall–Kier alpha value is -6.87. The lowest BCUT2D eigenvalue weighted by atomic mass is 10.1. The van der Waals surface area contributed by atoms with E-state index in [9.17, 15) is 0 Å². The highest BCUT2D eigenvalue weighted by molar-refractivity contribution is 7.85. The molecular formula is C50H36N3OP. The van der Waals surface area contributed by atoms with Gasteiger partial charge in [-0.05, 0) is 78.9 Å². The molecule has 262 valence electrons. The van der Waals surface area contributed by atoms with Gasteiger partial charge in [0.05, 0.1) is 11.0 Å². The van der Waals surface area contributed by atoms with E-state index in [2.05, 4.69) is 172 Å². The van der Waals surface area contributed by atoms with Gasteiger partial charge in [0.1, 0.15) is 5.65 Å². The van der Waals surface area contributed by atoms with Crippen LogP contribution in [0.1, 0.15) is 0 Å². The van der Waals surface area contributed by atoms with E-state index < -0.39 is 7.14 Å². The van der Waals surface area contributed by atoms with Crippen LogP contribution in [0.2, 0.25) is 0 Å². The van der Waals surface area contributed by atoms with Crippen LogP contribution >= 0.6 is 7.14 Å². The normalized spacial score (nSPS) is 11.7. The minimum absolute atomic E-state index is 0.802. The third kappa shape index (κ3) is 5.42. The molecule has 0 saturated heterocycles. The Morgan fingerprint density at radius 3 is 1.38 bits per heavy atom. The predicted molar refractivity (Wildman–Crippen MR) is 232 cm³/mol. The van der Waals surface area contributed by atoms with Gasteiger partial charge in [-0.3, -0.25) is 9.13 Å². The third-order valence-corrected chi connectivity index (χ3v) is 13.6. The van der Waals surface area contributed by atoms with Gasteiger partial charge in [-0.2, -0.15) is 0 Å². The average Bonchev–Trinajstić information content (AvgIpc) is 3.77. The van der Waals surface area contributed by atoms with Crippen molar-refractivity contribution in [2.75, 3.05) is 4.90 Å². The maximum Gasteiger partial charge on any atom is 0.171 e. The zero-order valence-electron chi connectivity index (χ0n) is 30.0. The average molecular weight is 726 g/mol. The van der Waals surface area contributed by atoms with Crippen LogP contribution in [0.3, 0.4) is 0 Å². The fraction of sp³-hybridized carbons (Fsp3) is 0. The lowest BCUT2D eigenvalue weighted by Crippen LogP contribution is -2.25. The Balaban J connectivity index is 1.23. The van der Waals surface area contributed by atoms with Crippen molar-refractivity contribution in [1.29, 1.82) is 0 Å². The van der Waals surface area contributed by atoms with Crippen LogP contribution in [0.4, 0.5) is 17.1 Å². The first kappa shape index (κ1) is 32.8. The first-order chi connectivity index (χ1) is 27.2. The first-order valence-corrected chi connectivity index (χ1v) is 20.3. The number of aromatic nitrogens is 2.